The highest BCUT2D eigenvalue weighted by Gasteiger charge is 2.64. The lowest BCUT2D eigenvalue weighted by atomic mass is 9.46. The number of benzene rings is 2. The molecule has 3 saturated carbocycles. The van der Waals surface area contributed by atoms with E-state index >= 15 is 0 Å². The Balaban J connectivity index is 1.34. The minimum Gasteiger partial charge on any atom is -0.477 e. The van der Waals surface area contributed by atoms with Gasteiger partial charge in [-0.05, 0) is 126 Å². The molecule has 0 saturated heterocycles. The monoisotopic (exact) mass is 668 g/mol. The van der Waals surface area contributed by atoms with Crippen molar-refractivity contribution in [2.75, 3.05) is 25.4 Å². The van der Waals surface area contributed by atoms with Crippen molar-refractivity contribution < 1.29 is 26.3 Å². The zero-order chi connectivity index (χ0) is 33.5. The minimum atomic E-state index is -4.32. The molecule has 11 heteroatoms. The molecular formula is C36H43F3N4O3S. The van der Waals surface area contributed by atoms with Crippen molar-refractivity contribution in [3.05, 3.63) is 64.7 Å². The SMILES string of the molecule is Cc1cccc(C)c1-c1nc2nc(c1C)OC[C@@H](CC1(C(F)(F)F)CC1)C(C1CC3(C1)CC(N(C)C)C3)c1cccc(c1)S(=O)(=O)N2. The largest absolute Gasteiger partial charge is 0.477 e. The summed E-state index contributed by atoms with van der Waals surface area (Å²) in [6.45, 7) is 5.77. The summed E-state index contributed by atoms with van der Waals surface area (Å²) in [5.41, 5.74) is 3.09. The third-order valence-electron chi connectivity index (χ3n) is 11.6. The van der Waals surface area contributed by atoms with Gasteiger partial charge in [0.05, 0.1) is 22.6 Å². The van der Waals surface area contributed by atoms with E-state index in [1.165, 1.54) is 6.07 Å². The van der Waals surface area contributed by atoms with E-state index in [0.717, 1.165) is 47.9 Å². The Morgan fingerprint density at radius 1 is 0.979 bits per heavy atom. The summed E-state index contributed by atoms with van der Waals surface area (Å²) in [6, 6.07) is 13.1. The first-order chi connectivity index (χ1) is 22.1. The number of nitrogens with zero attached hydrogens (tertiary/aromatic N) is 3. The van der Waals surface area contributed by atoms with Gasteiger partial charge in [0.25, 0.3) is 10.0 Å². The van der Waals surface area contributed by atoms with Gasteiger partial charge in [-0.1, -0.05) is 30.3 Å². The van der Waals surface area contributed by atoms with Crippen LogP contribution in [-0.4, -0.2) is 56.2 Å². The van der Waals surface area contributed by atoms with Gasteiger partial charge in [-0.2, -0.15) is 18.2 Å². The van der Waals surface area contributed by atoms with Crippen molar-refractivity contribution in [1.82, 2.24) is 14.9 Å². The molecular weight excluding hydrogens is 625 g/mol. The molecule has 3 fully saturated rings. The number of aryl methyl sites for hydroxylation is 2. The predicted octanol–water partition coefficient (Wildman–Crippen LogP) is 7.81. The van der Waals surface area contributed by atoms with Gasteiger partial charge in [0.2, 0.25) is 11.8 Å². The molecule has 7 nitrogen and oxygen atoms in total. The molecule has 7 rings (SSSR count). The molecule has 47 heavy (non-hydrogen) atoms. The number of hydrogen-bond acceptors (Lipinski definition) is 6. The zero-order valence-corrected chi connectivity index (χ0v) is 28.4. The maximum atomic E-state index is 14.5. The number of rotatable bonds is 5. The first kappa shape index (κ1) is 32.4. The first-order valence-corrected chi connectivity index (χ1v) is 18.0. The average Bonchev–Trinajstić information content (AvgIpc) is 3.74. The van der Waals surface area contributed by atoms with Crippen molar-refractivity contribution in [1.29, 1.82) is 0 Å². The fourth-order valence-electron chi connectivity index (χ4n) is 8.79. The highest BCUT2D eigenvalue weighted by Crippen LogP contribution is 2.66. The van der Waals surface area contributed by atoms with Gasteiger partial charge in [-0.3, -0.25) is 0 Å². The Bertz CT molecular complexity index is 1790. The first-order valence-electron chi connectivity index (χ1n) is 16.5. The Hall–Kier alpha value is -3.18. The summed E-state index contributed by atoms with van der Waals surface area (Å²) in [5, 5.41) is 0. The number of nitrogens with one attached hydrogen (secondary N) is 1. The number of aromatic nitrogens is 2. The number of fused-ring (bicyclic) bond motifs is 4. The summed E-state index contributed by atoms with van der Waals surface area (Å²) in [5.74, 6) is -0.640. The second kappa shape index (κ2) is 11.2. The number of anilines is 1. The van der Waals surface area contributed by atoms with E-state index in [9.17, 15) is 21.6 Å². The van der Waals surface area contributed by atoms with Gasteiger partial charge in [-0.15, -0.1) is 0 Å². The summed E-state index contributed by atoms with van der Waals surface area (Å²) in [7, 11) is 0.0500. The highest BCUT2D eigenvalue weighted by atomic mass is 32.2. The summed E-state index contributed by atoms with van der Waals surface area (Å²) >= 11 is 0. The molecule has 1 aromatic heterocycles. The normalized spacial score (nSPS) is 29.0. The van der Waals surface area contributed by atoms with Crippen LogP contribution in [0.15, 0.2) is 47.4 Å². The van der Waals surface area contributed by atoms with Gasteiger partial charge < -0.3 is 9.64 Å². The van der Waals surface area contributed by atoms with Crippen LogP contribution in [0.2, 0.25) is 0 Å². The van der Waals surface area contributed by atoms with E-state index < -0.39 is 27.5 Å². The topological polar surface area (TPSA) is 84.4 Å². The van der Waals surface area contributed by atoms with E-state index in [1.54, 1.807) is 12.1 Å². The van der Waals surface area contributed by atoms with Crippen LogP contribution in [0, 0.1) is 43.4 Å². The fourth-order valence-corrected chi connectivity index (χ4v) is 9.79. The van der Waals surface area contributed by atoms with E-state index in [0.29, 0.717) is 17.3 Å². The molecule has 2 heterocycles. The van der Waals surface area contributed by atoms with Crippen LogP contribution in [0.3, 0.4) is 0 Å². The molecule has 1 spiro atoms. The fraction of sp³-hybridized carbons (Fsp3) is 0.556. The molecule has 2 atom stereocenters. The molecule has 1 aliphatic heterocycles. The summed E-state index contributed by atoms with van der Waals surface area (Å²) < 4.78 is 80.3. The Kier molecular flexibility index (Phi) is 7.70. The van der Waals surface area contributed by atoms with Gasteiger partial charge in [-0.25, -0.2) is 18.1 Å². The lowest BCUT2D eigenvalue weighted by Crippen LogP contribution is -2.56. The molecule has 0 radical (unpaired) electrons. The lowest BCUT2D eigenvalue weighted by molar-refractivity contribution is -0.194. The number of hydrogen-bond donors (Lipinski definition) is 1. The van der Waals surface area contributed by atoms with Gasteiger partial charge >= 0.3 is 6.18 Å². The second-order valence-electron chi connectivity index (χ2n) is 15.0. The van der Waals surface area contributed by atoms with Crippen molar-refractivity contribution in [3.63, 3.8) is 0 Å². The molecule has 252 valence electrons. The molecule has 4 aliphatic rings. The maximum absolute atomic E-state index is 14.5. The molecule has 3 aliphatic carbocycles. The third kappa shape index (κ3) is 5.71. The number of alkyl halides is 3. The van der Waals surface area contributed by atoms with Crippen LogP contribution in [0.1, 0.15) is 73.1 Å². The van der Waals surface area contributed by atoms with Gasteiger partial charge in [0.15, 0.2) is 0 Å². The smallest absolute Gasteiger partial charge is 0.394 e. The van der Waals surface area contributed by atoms with Crippen molar-refractivity contribution in [2.24, 2.45) is 22.7 Å². The minimum absolute atomic E-state index is 0.0345. The molecule has 3 aromatic rings. The molecule has 4 bridgehead atoms. The second-order valence-corrected chi connectivity index (χ2v) is 16.7. The van der Waals surface area contributed by atoms with Gasteiger partial charge in [0.1, 0.15) is 0 Å². The van der Waals surface area contributed by atoms with Crippen LogP contribution >= 0.6 is 0 Å². The molecule has 1 unspecified atom stereocenters. The predicted molar refractivity (Wildman–Crippen MR) is 175 cm³/mol. The standard InChI is InChI=1S/C36H43F3N4O3S/c1-21-8-6-9-22(2)29(21)31-23(3)32-41-33(40-31)42-47(44,45)28-11-7-10-24(14-28)30(25-15-34(16-25)18-27(19-34)43(4)5)26(20-46-32)17-35(12-13-35)36(37,38)39/h6-11,14,25-27,30H,12-13,15-20H2,1-5H3,(H,40,41,42)/t25?,26-,27?,30?,34?/m1/s1. The van der Waals surface area contributed by atoms with E-state index in [1.807, 2.05) is 45.0 Å². The molecule has 0 amide bonds. The Labute approximate surface area is 275 Å². The Morgan fingerprint density at radius 3 is 2.26 bits per heavy atom. The van der Waals surface area contributed by atoms with Gasteiger partial charge in [0, 0.05) is 23.1 Å². The average molecular weight is 669 g/mol. The molecule has 2 aromatic carbocycles. The third-order valence-corrected chi connectivity index (χ3v) is 12.9. The van der Waals surface area contributed by atoms with E-state index in [2.05, 4.69) is 33.7 Å². The zero-order valence-electron chi connectivity index (χ0n) is 27.6. The van der Waals surface area contributed by atoms with Crippen molar-refractivity contribution in [2.45, 2.75) is 88.7 Å². The summed E-state index contributed by atoms with van der Waals surface area (Å²) in [6.07, 6.45) is -0.188. The van der Waals surface area contributed by atoms with E-state index in [4.69, 9.17) is 4.74 Å². The number of sulfonamides is 1. The lowest BCUT2D eigenvalue weighted by Gasteiger charge is -2.61. The van der Waals surface area contributed by atoms with Crippen molar-refractivity contribution >= 4 is 16.0 Å². The summed E-state index contributed by atoms with van der Waals surface area (Å²) in [4.78, 5) is 11.5. The van der Waals surface area contributed by atoms with Crippen LogP contribution in [0.4, 0.5) is 19.1 Å². The molecule has 1 N–H and O–H groups in total. The van der Waals surface area contributed by atoms with Crippen LogP contribution < -0.4 is 9.46 Å². The van der Waals surface area contributed by atoms with Crippen molar-refractivity contribution in [3.8, 4) is 17.1 Å². The van der Waals surface area contributed by atoms with E-state index in [-0.39, 0.29) is 59.8 Å². The number of halogens is 3. The number of ether oxygens (including phenoxy) is 1. The van der Waals surface area contributed by atoms with Crippen LogP contribution in [0.25, 0.3) is 11.3 Å². The maximum Gasteiger partial charge on any atom is 0.394 e. The van der Waals surface area contributed by atoms with Crippen LogP contribution in [-0.2, 0) is 10.0 Å². The highest BCUT2D eigenvalue weighted by molar-refractivity contribution is 7.92. The van der Waals surface area contributed by atoms with Crippen LogP contribution in [0.5, 0.6) is 5.88 Å². The quantitative estimate of drug-likeness (QED) is 0.299. The Morgan fingerprint density at radius 2 is 1.64 bits per heavy atom.